The standard InChI is InChI=1S/C24H33N5O2.HI/c1-25-24(28(2)19-20-7-4-3-5-8-20)26-18-21-9-6-10-22(17-21)27-23(30)11-12-29-13-15-31-16-14-29;/h3-10,17H,11-16,18-19H2,1-2H3,(H,25,26)(H,27,30);1H. The van der Waals surface area contributed by atoms with Crippen LogP contribution < -0.4 is 10.6 Å². The van der Waals surface area contributed by atoms with Crippen LogP contribution >= 0.6 is 24.0 Å². The van der Waals surface area contributed by atoms with Crippen molar-refractivity contribution in [1.29, 1.82) is 0 Å². The van der Waals surface area contributed by atoms with Gasteiger partial charge in [0, 0.05) is 58.9 Å². The number of amides is 1. The molecule has 0 bridgehead atoms. The molecule has 0 saturated carbocycles. The predicted octanol–water partition coefficient (Wildman–Crippen LogP) is 3.17. The third kappa shape index (κ3) is 8.76. The van der Waals surface area contributed by atoms with Gasteiger partial charge in [-0.25, -0.2) is 0 Å². The maximum Gasteiger partial charge on any atom is 0.225 e. The second-order valence-corrected chi connectivity index (χ2v) is 7.69. The minimum Gasteiger partial charge on any atom is -0.379 e. The Kier molecular flexibility index (Phi) is 11.5. The lowest BCUT2D eigenvalue weighted by Crippen LogP contribution is -2.38. The third-order valence-electron chi connectivity index (χ3n) is 5.26. The van der Waals surface area contributed by atoms with Crippen molar-refractivity contribution in [2.24, 2.45) is 4.99 Å². The number of morpholine rings is 1. The molecular formula is C24H34IN5O2. The molecule has 1 fully saturated rings. The zero-order chi connectivity index (χ0) is 21.9. The van der Waals surface area contributed by atoms with Gasteiger partial charge in [0.15, 0.2) is 5.96 Å². The molecule has 1 amide bonds. The smallest absolute Gasteiger partial charge is 0.225 e. The van der Waals surface area contributed by atoms with Gasteiger partial charge in [0.25, 0.3) is 0 Å². The van der Waals surface area contributed by atoms with Gasteiger partial charge in [-0.05, 0) is 23.3 Å². The molecule has 0 atom stereocenters. The lowest BCUT2D eigenvalue weighted by atomic mass is 10.2. The molecule has 1 saturated heterocycles. The Balaban J connectivity index is 0.00000363. The van der Waals surface area contributed by atoms with Gasteiger partial charge in [-0.3, -0.25) is 14.7 Å². The average Bonchev–Trinajstić information content (AvgIpc) is 2.80. The topological polar surface area (TPSA) is 69.2 Å². The number of carbonyl (C=O) groups is 1. The summed E-state index contributed by atoms with van der Waals surface area (Å²) < 4.78 is 5.35. The lowest BCUT2D eigenvalue weighted by Gasteiger charge is -2.26. The summed E-state index contributed by atoms with van der Waals surface area (Å²) in [6, 6.07) is 18.2. The van der Waals surface area contributed by atoms with E-state index in [0.717, 1.165) is 56.6 Å². The molecule has 7 nitrogen and oxygen atoms in total. The minimum absolute atomic E-state index is 0. The molecule has 0 unspecified atom stereocenters. The van der Waals surface area contributed by atoms with Crippen molar-refractivity contribution in [3.63, 3.8) is 0 Å². The quantitative estimate of drug-likeness (QED) is 0.300. The van der Waals surface area contributed by atoms with Crippen molar-refractivity contribution in [2.45, 2.75) is 19.5 Å². The first-order valence-corrected chi connectivity index (χ1v) is 10.8. The van der Waals surface area contributed by atoms with Crippen LogP contribution in [0.25, 0.3) is 0 Å². The molecule has 8 heteroatoms. The molecule has 2 aromatic rings. The van der Waals surface area contributed by atoms with Gasteiger partial charge in [0.2, 0.25) is 5.91 Å². The van der Waals surface area contributed by atoms with Crippen LogP contribution in [0, 0.1) is 0 Å². The molecule has 32 heavy (non-hydrogen) atoms. The van der Waals surface area contributed by atoms with Crippen LogP contribution in [0.4, 0.5) is 5.69 Å². The highest BCUT2D eigenvalue weighted by Gasteiger charge is 2.12. The highest BCUT2D eigenvalue weighted by molar-refractivity contribution is 14.0. The fraction of sp³-hybridized carbons (Fsp3) is 0.417. The molecule has 1 aliphatic heterocycles. The summed E-state index contributed by atoms with van der Waals surface area (Å²) >= 11 is 0. The van der Waals surface area contributed by atoms with Gasteiger partial charge in [-0.1, -0.05) is 42.5 Å². The van der Waals surface area contributed by atoms with Crippen molar-refractivity contribution in [3.8, 4) is 0 Å². The number of ether oxygens (including phenoxy) is 1. The number of carbonyl (C=O) groups excluding carboxylic acids is 1. The first-order chi connectivity index (χ1) is 15.1. The van der Waals surface area contributed by atoms with Crippen molar-refractivity contribution >= 4 is 41.5 Å². The summed E-state index contributed by atoms with van der Waals surface area (Å²) in [5.41, 5.74) is 3.13. The lowest BCUT2D eigenvalue weighted by molar-refractivity contribution is -0.116. The van der Waals surface area contributed by atoms with E-state index in [-0.39, 0.29) is 29.9 Å². The molecule has 1 aliphatic rings. The average molecular weight is 551 g/mol. The fourth-order valence-electron chi connectivity index (χ4n) is 3.56. The number of aliphatic imine (C=N–C) groups is 1. The molecule has 0 aliphatic carbocycles. The number of guanidine groups is 1. The fourth-order valence-corrected chi connectivity index (χ4v) is 3.56. The van der Waals surface area contributed by atoms with Gasteiger partial charge >= 0.3 is 0 Å². The Labute approximate surface area is 208 Å². The summed E-state index contributed by atoms with van der Waals surface area (Å²) in [5.74, 6) is 0.860. The molecule has 0 spiro atoms. The van der Waals surface area contributed by atoms with Crippen molar-refractivity contribution in [1.82, 2.24) is 15.1 Å². The maximum atomic E-state index is 12.3. The number of benzene rings is 2. The normalized spacial score (nSPS) is 14.4. The Morgan fingerprint density at radius 3 is 2.53 bits per heavy atom. The van der Waals surface area contributed by atoms with E-state index in [1.165, 1.54) is 5.56 Å². The molecule has 3 rings (SSSR count). The molecular weight excluding hydrogens is 517 g/mol. The van der Waals surface area contributed by atoms with Crippen molar-refractivity contribution < 1.29 is 9.53 Å². The molecule has 2 aromatic carbocycles. The Morgan fingerprint density at radius 2 is 1.81 bits per heavy atom. The first-order valence-electron chi connectivity index (χ1n) is 10.8. The Bertz CT molecular complexity index is 856. The largest absolute Gasteiger partial charge is 0.379 e. The maximum absolute atomic E-state index is 12.3. The van der Waals surface area contributed by atoms with Crippen LogP contribution in [-0.4, -0.2) is 68.6 Å². The number of hydrogen-bond acceptors (Lipinski definition) is 4. The zero-order valence-electron chi connectivity index (χ0n) is 18.9. The predicted molar refractivity (Wildman–Crippen MR) is 140 cm³/mol. The highest BCUT2D eigenvalue weighted by atomic mass is 127. The summed E-state index contributed by atoms with van der Waals surface area (Å²) in [5, 5.41) is 6.41. The van der Waals surface area contributed by atoms with E-state index in [1.54, 1.807) is 7.05 Å². The van der Waals surface area contributed by atoms with Crippen molar-refractivity contribution in [2.75, 3.05) is 52.3 Å². The molecule has 174 valence electrons. The van der Waals surface area contributed by atoms with Crippen LogP contribution in [0.1, 0.15) is 17.5 Å². The Hall–Kier alpha value is -2.17. The van der Waals surface area contributed by atoms with Gasteiger partial charge in [0.05, 0.1) is 13.2 Å². The van der Waals surface area contributed by atoms with E-state index in [4.69, 9.17) is 4.74 Å². The second kappa shape index (κ2) is 14.1. The number of halogens is 1. The van der Waals surface area contributed by atoms with E-state index in [2.05, 4.69) is 37.6 Å². The summed E-state index contributed by atoms with van der Waals surface area (Å²) in [6.45, 7) is 5.47. The first kappa shape index (κ1) is 26.1. The SMILES string of the molecule is CN=C(NCc1cccc(NC(=O)CCN2CCOCC2)c1)N(C)Cc1ccccc1.I. The van der Waals surface area contributed by atoms with Gasteiger partial charge < -0.3 is 20.3 Å². The zero-order valence-corrected chi connectivity index (χ0v) is 21.2. The van der Waals surface area contributed by atoms with Gasteiger partial charge in [-0.15, -0.1) is 24.0 Å². The number of anilines is 1. The number of nitrogens with zero attached hydrogens (tertiary/aromatic N) is 3. The number of rotatable bonds is 8. The second-order valence-electron chi connectivity index (χ2n) is 7.69. The number of hydrogen-bond donors (Lipinski definition) is 2. The Morgan fingerprint density at radius 1 is 1.09 bits per heavy atom. The van der Waals surface area contributed by atoms with E-state index in [1.807, 2.05) is 49.5 Å². The van der Waals surface area contributed by atoms with Gasteiger partial charge in [0.1, 0.15) is 0 Å². The minimum atomic E-state index is 0. The van der Waals surface area contributed by atoms with Crippen LogP contribution in [0.15, 0.2) is 59.6 Å². The molecule has 0 radical (unpaired) electrons. The van der Waals surface area contributed by atoms with Crippen molar-refractivity contribution in [3.05, 3.63) is 65.7 Å². The molecule has 2 N–H and O–H groups in total. The monoisotopic (exact) mass is 551 g/mol. The summed E-state index contributed by atoms with van der Waals surface area (Å²) in [7, 11) is 3.81. The third-order valence-corrected chi connectivity index (χ3v) is 5.26. The van der Waals surface area contributed by atoms with Crippen LogP contribution in [0.3, 0.4) is 0 Å². The molecule has 0 aromatic heterocycles. The van der Waals surface area contributed by atoms with Crippen LogP contribution in [0.2, 0.25) is 0 Å². The molecule has 1 heterocycles. The number of nitrogens with one attached hydrogen (secondary N) is 2. The van der Waals surface area contributed by atoms with Gasteiger partial charge in [-0.2, -0.15) is 0 Å². The van der Waals surface area contributed by atoms with Crippen LogP contribution in [0.5, 0.6) is 0 Å². The van der Waals surface area contributed by atoms with E-state index in [0.29, 0.717) is 13.0 Å². The van der Waals surface area contributed by atoms with Crippen LogP contribution in [-0.2, 0) is 22.6 Å². The summed E-state index contributed by atoms with van der Waals surface area (Å²) in [6.07, 6.45) is 0.486. The van der Waals surface area contributed by atoms with E-state index < -0.39 is 0 Å². The summed E-state index contributed by atoms with van der Waals surface area (Å²) in [4.78, 5) is 21.1. The van der Waals surface area contributed by atoms with E-state index in [9.17, 15) is 4.79 Å². The highest BCUT2D eigenvalue weighted by Crippen LogP contribution is 2.12. The van der Waals surface area contributed by atoms with E-state index >= 15 is 0 Å².